The molecule has 0 bridgehead atoms. The van der Waals surface area contributed by atoms with Crippen molar-refractivity contribution in [1.82, 2.24) is 13.0 Å². The van der Waals surface area contributed by atoms with Crippen LogP contribution in [-0.4, -0.2) is 45.1 Å². The predicted molar refractivity (Wildman–Crippen MR) is 98.7 cm³/mol. The second-order valence-electron chi connectivity index (χ2n) is 5.46. The first-order valence-corrected chi connectivity index (χ1v) is 8.74. The lowest BCUT2D eigenvalue weighted by Crippen LogP contribution is -2.38. The molecule has 2 heterocycles. The summed E-state index contributed by atoms with van der Waals surface area (Å²) in [6.07, 6.45) is 0.946. The van der Waals surface area contributed by atoms with E-state index in [-0.39, 0.29) is 11.9 Å². The van der Waals surface area contributed by atoms with Crippen LogP contribution in [0.5, 0.6) is 0 Å². The number of benzene rings is 1. The third-order valence-electron chi connectivity index (χ3n) is 4.06. The standard InChI is InChI=1S/C14H15ClFIN3OP/c1-19(8-2-3-20(17)6-8)14(21)10-5-7-4-9(15)13(22)11(16)12(7)18-10/h4-5,8,18H,2-3,6,22H2,1H3/t8-/m0/s1. The molecule has 0 spiro atoms. The normalized spacial score (nSPS) is 19.0. The fourth-order valence-corrected chi connectivity index (χ4v) is 3.87. The zero-order valence-electron chi connectivity index (χ0n) is 11.9. The molecule has 22 heavy (non-hydrogen) atoms. The fourth-order valence-electron chi connectivity index (χ4n) is 2.71. The predicted octanol–water partition coefficient (Wildman–Crippen LogP) is 2.96. The average Bonchev–Trinajstić information content (AvgIpc) is 3.10. The molecule has 118 valence electrons. The number of aromatic amines is 1. The van der Waals surface area contributed by atoms with Crippen LogP contribution in [0.25, 0.3) is 10.9 Å². The maximum atomic E-state index is 14.2. The molecule has 1 saturated heterocycles. The number of H-pyrrole nitrogens is 1. The van der Waals surface area contributed by atoms with Crippen molar-refractivity contribution in [3.05, 3.63) is 28.7 Å². The molecular weight excluding hydrogens is 439 g/mol. The Balaban J connectivity index is 1.93. The largest absolute Gasteiger partial charge is 0.348 e. The number of amides is 1. The van der Waals surface area contributed by atoms with Crippen LogP contribution in [0, 0.1) is 5.82 Å². The van der Waals surface area contributed by atoms with Crippen LogP contribution in [0.3, 0.4) is 0 Å². The molecule has 1 unspecified atom stereocenters. The zero-order chi connectivity index (χ0) is 16.0. The van der Waals surface area contributed by atoms with Gasteiger partial charge in [-0.15, -0.1) is 9.24 Å². The Morgan fingerprint density at radius 1 is 1.59 bits per heavy atom. The van der Waals surface area contributed by atoms with Gasteiger partial charge >= 0.3 is 0 Å². The number of carbonyl (C=O) groups excluding carboxylic acids is 1. The van der Waals surface area contributed by atoms with Gasteiger partial charge in [0.05, 0.1) is 10.5 Å². The van der Waals surface area contributed by atoms with E-state index in [1.54, 1.807) is 24.1 Å². The van der Waals surface area contributed by atoms with Gasteiger partial charge in [0.2, 0.25) is 0 Å². The van der Waals surface area contributed by atoms with Gasteiger partial charge in [0.15, 0.2) is 5.82 Å². The van der Waals surface area contributed by atoms with Gasteiger partial charge in [-0.05, 0) is 18.6 Å². The maximum absolute atomic E-state index is 14.2. The molecule has 1 aromatic carbocycles. The summed E-state index contributed by atoms with van der Waals surface area (Å²) in [7, 11) is 4.07. The van der Waals surface area contributed by atoms with Crippen molar-refractivity contribution in [2.24, 2.45) is 0 Å². The molecule has 8 heteroatoms. The van der Waals surface area contributed by atoms with Gasteiger partial charge < -0.3 is 9.88 Å². The molecule has 1 fully saturated rings. The van der Waals surface area contributed by atoms with E-state index in [9.17, 15) is 9.18 Å². The van der Waals surface area contributed by atoms with Crippen LogP contribution in [0.2, 0.25) is 5.02 Å². The van der Waals surface area contributed by atoms with Crippen molar-refractivity contribution < 1.29 is 9.18 Å². The highest BCUT2D eigenvalue weighted by molar-refractivity contribution is 14.1. The summed E-state index contributed by atoms with van der Waals surface area (Å²) in [5, 5.41) is 1.24. The van der Waals surface area contributed by atoms with Gasteiger partial charge in [-0.1, -0.05) is 11.6 Å². The lowest BCUT2D eigenvalue weighted by molar-refractivity contribution is 0.0736. The number of carbonyl (C=O) groups is 1. The first-order valence-electron chi connectivity index (χ1n) is 6.82. The third-order valence-corrected chi connectivity index (χ3v) is 5.99. The summed E-state index contributed by atoms with van der Waals surface area (Å²) in [4.78, 5) is 17.2. The lowest BCUT2D eigenvalue weighted by atomic mass is 10.2. The van der Waals surface area contributed by atoms with Crippen LogP contribution in [0.15, 0.2) is 12.1 Å². The fraction of sp³-hybridized carbons (Fsp3) is 0.357. The smallest absolute Gasteiger partial charge is 0.270 e. The third kappa shape index (κ3) is 2.86. The Kier molecular flexibility index (Phi) is 4.65. The van der Waals surface area contributed by atoms with Crippen molar-refractivity contribution in [3.63, 3.8) is 0 Å². The molecule has 0 radical (unpaired) electrons. The van der Waals surface area contributed by atoms with Crippen LogP contribution in [-0.2, 0) is 0 Å². The van der Waals surface area contributed by atoms with E-state index < -0.39 is 5.82 Å². The molecule has 0 saturated carbocycles. The topological polar surface area (TPSA) is 39.3 Å². The van der Waals surface area contributed by atoms with Gasteiger partial charge in [-0.2, -0.15) is 0 Å². The quantitative estimate of drug-likeness (QED) is 0.432. The first-order chi connectivity index (χ1) is 10.4. The molecule has 4 nitrogen and oxygen atoms in total. The van der Waals surface area contributed by atoms with Crippen LogP contribution >= 0.6 is 43.7 Å². The van der Waals surface area contributed by atoms with E-state index in [0.717, 1.165) is 19.5 Å². The van der Waals surface area contributed by atoms with Gasteiger partial charge in [0.25, 0.3) is 5.91 Å². The van der Waals surface area contributed by atoms with Crippen molar-refractivity contribution in [2.75, 3.05) is 20.1 Å². The highest BCUT2D eigenvalue weighted by atomic mass is 127. The number of nitrogens with one attached hydrogen (secondary N) is 1. The molecule has 1 N–H and O–H groups in total. The van der Waals surface area contributed by atoms with E-state index in [0.29, 0.717) is 26.9 Å². The van der Waals surface area contributed by atoms with Gasteiger partial charge in [-0.3, -0.25) is 4.79 Å². The monoisotopic (exact) mass is 453 g/mol. The Morgan fingerprint density at radius 2 is 2.32 bits per heavy atom. The van der Waals surface area contributed by atoms with Crippen LogP contribution < -0.4 is 5.30 Å². The first kappa shape index (κ1) is 16.4. The van der Waals surface area contributed by atoms with E-state index in [4.69, 9.17) is 11.6 Å². The number of nitrogens with zero attached hydrogens (tertiary/aromatic N) is 2. The molecule has 2 atom stereocenters. The van der Waals surface area contributed by atoms with E-state index >= 15 is 0 Å². The van der Waals surface area contributed by atoms with E-state index in [1.165, 1.54) is 0 Å². The minimum Gasteiger partial charge on any atom is -0.348 e. The Labute approximate surface area is 149 Å². The van der Waals surface area contributed by atoms with Crippen molar-refractivity contribution in [3.8, 4) is 0 Å². The van der Waals surface area contributed by atoms with E-state index in [1.807, 2.05) is 0 Å². The van der Waals surface area contributed by atoms with Gasteiger partial charge in [0, 0.05) is 59.7 Å². The minimum absolute atomic E-state index is 0.131. The molecule has 1 aliphatic heterocycles. The van der Waals surface area contributed by atoms with Gasteiger partial charge in [0.1, 0.15) is 5.69 Å². The number of rotatable bonds is 2. The minimum atomic E-state index is -0.437. The maximum Gasteiger partial charge on any atom is 0.270 e. The van der Waals surface area contributed by atoms with Gasteiger partial charge in [-0.25, -0.2) is 7.50 Å². The number of likely N-dealkylation sites (N-methyl/N-ethyl adjacent to an activating group) is 1. The Hall–Kier alpha value is -0.430. The van der Waals surface area contributed by atoms with Crippen molar-refractivity contribution in [1.29, 1.82) is 0 Å². The SMILES string of the molecule is CN(C(=O)c1cc2cc(Cl)c(P)c(F)c2[nH]1)[C@H]1CCN(I)C1. The Bertz CT molecular complexity index is 753. The summed E-state index contributed by atoms with van der Waals surface area (Å²) in [6.45, 7) is 1.81. The molecule has 2 aromatic rings. The number of hydrogen-bond donors (Lipinski definition) is 1. The van der Waals surface area contributed by atoms with Crippen molar-refractivity contribution in [2.45, 2.75) is 12.5 Å². The summed E-state index contributed by atoms with van der Waals surface area (Å²) >= 11 is 8.25. The zero-order valence-corrected chi connectivity index (χ0v) is 15.9. The number of halogens is 3. The molecule has 0 aliphatic carbocycles. The average molecular weight is 454 g/mol. The van der Waals surface area contributed by atoms with Crippen LogP contribution in [0.4, 0.5) is 4.39 Å². The summed E-state index contributed by atoms with van der Waals surface area (Å²) < 4.78 is 16.4. The van der Waals surface area contributed by atoms with E-state index in [2.05, 4.69) is 40.2 Å². The number of fused-ring (bicyclic) bond motifs is 1. The lowest BCUT2D eigenvalue weighted by Gasteiger charge is -2.23. The highest BCUT2D eigenvalue weighted by Gasteiger charge is 2.28. The molecule has 1 aliphatic rings. The highest BCUT2D eigenvalue weighted by Crippen LogP contribution is 2.25. The molecule has 1 amide bonds. The number of aromatic nitrogens is 1. The molecule has 3 rings (SSSR count). The van der Waals surface area contributed by atoms with Crippen LogP contribution in [0.1, 0.15) is 16.9 Å². The second kappa shape index (κ2) is 6.23. The summed E-state index contributed by atoms with van der Waals surface area (Å²) in [5.41, 5.74) is 0.697. The molecular formula is C14H15ClFIN3OP. The summed E-state index contributed by atoms with van der Waals surface area (Å²) in [5.74, 6) is -0.567. The Morgan fingerprint density at radius 3 is 2.95 bits per heavy atom. The molecule has 1 aromatic heterocycles. The van der Waals surface area contributed by atoms with Crippen molar-refractivity contribution >= 4 is 65.8 Å². The summed E-state index contributed by atoms with van der Waals surface area (Å²) in [6, 6.07) is 3.50. The second-order valence-corrected chi connectivity index (χ2v) is 7.81. The number of hydrogen-bond acceptors (Lipinski definition) is 2.